The summed E-state index contributed by atoms with van der Waals surface area (Å²) in [7, 11) is 0. The zero-order valence-corrected chi connectivity index (χ0v) is 23.1. The number of carbonyl (C=O) groups excluding carboxylic acids is 2. The van der Waals surface area contributed by atoms with Crippen molar-refractivity contribution in [3.05, 3.63) is 91.6 Å². The van der Waals surface area contributed by atoms with Gasteiger partial charge in [-0.25, -0.2) is 4.39 Å². The van der Waals surface area contributed by atoms with Crippen molar-refractivity contribution in [2.24, 2.45) is 0 Å². The maximum absolute atomic E-state index is 13.5. The van der Waals surface area contributed by atoms with E-state index in [2.05, 4.69) is 21.2 Å². The van der Waals surface area contributed by atoms with Crippen LogP contribution < -0.4 is 19.7 Å². The van der Waals surface area contributed by atoms with Gasteiger partial charge < -0.3 is 9.47 Å². The molecule has 1 aliphatic heterocycles. The number of halogens is 4. The van der Waals surface area contributed by atoms with E-state index in [1.807, 2.05) is 6.92 Å². The van der Waals surface area contributed by atoms with Crippen LogP contribution in [0.25, 0.3) is 6.08 Å². The minimum Gasteiger partial charge on any atom is -0.490 e. The van der Waals surface area contributed by atoms with Gasteiger partial charge in [-0.1, -0.05) is 57.3 Å². The second-order valence-corrected chi connectivity index (χ2v) is 9.73. The van der Waals surface area contributed by atoms with Crippen molar-refractivity contribution in [1.82, 2.24) is 5.32 Å². The number of amides is 2. The Labute approximate surface area is 236 Å². The van der Waals surface area contributed by atoms with Crippen LogP contribution in [0, 0.1) is 5.82 Å². The van der Waals surface area contributed by atoms with Crippen LogP contribution in [-0.4, -0.2) is 23.5 Å². The number of rotatable bonds is 7. The van der Waals surface area contributed by atoms with Crippen molar-refractivity contribution < 1.29 is 23.5 Å². The first-order valence-electron chi connectivity index (χ1n) is 10.9. The summed E-state index contributed by atoms with van der Waals surface area (Å²) in [5.74, 6) is -0.928. The number of ether oxygens (including phenoxy) is 2. The lowest BCUT2D eigenvalue weighted by Gasteiger charge is -2.29. The maximum atomic E-state index is 13.5. The molecule has 1 saturated heterocycles. The summed E-state index contributed by atoms with van der Waals surface area (Å²) >= 11 is 21.1. The third-order valence-corrected chi connectivity index (χ3v) is 7.00. The Bertz CT molecular complexity index is 1450. The number of carbonyl (C=O) groups is 2. The molecule has 0 radical (unpaired) electrons. The van der Waals surface area contributed by atoms with E-state index in [-0.39, 0.29) is 38.8 Å². The van der Waals surface area contributed by atoms with Crippen LogP contribution in [0.15, 0.2) is 64.6 Å². The smallest absolute Gasteiger partial charge is 0.270 e. The van der Waals surface area contributed by atoms with E-state index in [0.717, 1.165) is 4.90 Å². The van der Waals surface area contributed by atoms with Gasteiger partial charge in [0.25, 0.3) is 11.8 Å². The predicted molar refractivity (Wildman–Crippen MR) is 149 cm³/mol. The number of nitrogens with zero attached hydrogens (tertiary/aromatic N) is 1. The van der Waals surface area contributed by atoms with Gasteiger partial charge in [-0.05, 0) is 72.7 Å². The van der Waals surface area contributed by atoms with Crippen LogP contribution in [0.4, 0.5) is 10.1 Å². The van der Waals surface area contributed by atoms with Gasteiger partial charge in [0.2, 0.25) is 0 Å². The predicted octanol–water partition coefficient (Wildman–Crippen LogP) is 6.70. The van der Waals surface area contributed by atoms with Gasteiger partial charge in [0.15, 0.2) is 16.6 Å². The average Bonchev–Trinajstić information content (AvgIpc) is 2.85. The minimum absolute atomic E-state index is 0.110. The number of hydrogen-bond donors (Lipinski definition) is 1. The largest absolute Gasteiger partial charge is 0.490 e. The van der Waals surface area contributed by atoms with Crippen LogP contribution >= 0.6 is 51.3 Å². The summed E-state index contributed by atoms with van der Waals surface area (Å²) in [6.07, 6.45) is 1.41. The van der Waals surface area contributed by atoms with E-state index in [1.165, 1.54) is 18.2 Å². The zero-order valence-electron chi connectivity index (χ0n) is 19.2. The first-order chi connectivity index (χ1) is 17.7. The monoisotopic (exact) mass is 622 g/mol. The molecule has 0 bridgehead atoms. The second kappa shape index (κ2) is 11.6. The lowest BCUT2D eigenvalue weighted by Crippen LogP contribution is -2.54. The van der Waals surface area contributed by atoms with Gasteiger partial charge in [0.1, 0.15) is 18.0 Å². The summed E-state index contributed by atoms with van der Waals surface area (Å²) in [4.78, 5) is 27.3. The normalized spacial score (nSPS) is 14.7. The first kappa shape index (κ1) is 27.1. The molecule has 190 valence electrons. The minimum atomic E-state index is -0.672. The summed E-state index contributed by atoms with van der Waals surface area (Å²) in [6.45, 7) is 2.25. The third-order valence-electron chi connectivity index (χ3n) is 5.22. The molecule has 37 heavy (non-hydrogen) atoms. The molecule has 1 heterocycles. The van der Waals surface area contributed by atoms with Gasteiger partial charge in [0.05, 0.1) is 22.3 Å². The Hall–Kier alpha value is -2.98. The molecule has 4 rings (SSSR count). The van der Waals surface area contributed by atoms with Crippen LogP contribution in [0.3, 0.4) is 0 Å². The highest BCUT2D eigenvalue weighted by molar-refractivity contribution is 9.10. The molecule has 3 aromatic carbocycles. The fourth-order valence-corrected chi connectivity index (χ4v) is 4.62. The molecule has 0 saturated carbocycles. The van der Waals surface area contributed by atoms with Crippen molar-refractivity contribution in [3.63, 3.8) is 0 Å². The number of anilines is 1. The molecule has 0 unspecified atom stereocenters. The number of thiocarbonyl (C=S) groups is 1. The van der Waals surface area contributed by atoms with E-state index < -0.39 is 11.8 Å². The molecule has 1 aliphatic rings. The van der Waals surface area contributed by atoms with E-state index in [1.54, 1.807) is 42.5 Å². The summed E-state index contributed by atoms with van der Waals surface area (Å²) < 4.78 is 25.6. The van der Waals surface area contributed by atoms with Gasteiger partial charge in [-0.15, -0.1) is 0 Å². The van der Waals surface area contributed by atoms with Gasteiger partial charge in [-0.3, -0.25) is 19.8 Å². The highest BCUT2D eigenvalue weighted by atomic mass is 79.9. The number of hydrogen-bond acceptors (Lipinski definition) is 5. The van der Waals surface area contributed by atoms with Gasteiger partial charge in [0, 0.05) is 4.47 Å². The molecule has 0 aromatic heterocycles. The first-order valence-corrected chi connectivity index (χ1v) is 12.8. The SMILES string of the molecule is CCOc1cc(/C=C2\C(=O)NC(=S)N(c3cccc(Cl)c3Cl)C2=O)c(Br)cc1OCc1cccc(F)c1. The Morgan fingerprint density at radius 2 is 1.81 bits per heavy atom. The highest BCUT2D eigenvalue weighted by Gasteiger charge is 2.36. The Balaban J connectivity index is 1.68. The molecule has 0 spiro atoms. The molecule has 6 nitrogen and oxygen atoms in total. The van der Waals surface area contributed by atoms with Crippen molar-refractivity contribution in [3.8, 4) is 11.5 Å². The van der Waals surface area contributed by atoms with E-state index in [0.29, 0.717) is 33.7 Å². The lowest BCUT2D eigenvalue weighted by molar-refractivity contribution is -0.122. The highest BCUT2D eigenvalue weighted by Crippen LogP contribution is 2.37. The molecule has 0 aliphatic carbocycles. The number of benzene rings is 3. The fraction of sp³-hybridized carbons (Fsp3) is 0.115. The van der Waals surface area contributed by atoms with E-state index >= 15 is 0 Å². The summed E-state index contributed by atoms with van der Waals surface area (Å²) in [6, 6.07) is 14.1. The molecule has 3 aromatic rings. The maximum Gasteiger partial charge on any atom is 0.270 e. The van der Waals surface area contributed by atoms with Gasteiger partial charge in [-0.2, -0.15) is 0 Å². The molecule has 2 amide bonds. The standard InChI is InChI=1S/C26H18BrCl2FN2O4S/c1-2-35-21-11-15(18(27)12-22(21)36-13-14-5-3-6-16(30)9-14)10-17-24(33)31-26(37)32(25(17)34)20-8-4-7-19(28)23(20)29/h3-12H,2,13H2,1H3,(H,31,33,37)/b17-10+. The third kappa shape index (κ3) is 5.96. The van der Waals surface area contributed by atoms with E-state index in [9.17, 15) is 14.0 Å². The van der Waals surface area contributed by atoms with Crippen LogP contribution in [-0.2, 0) is 16.2 Å². The molecule has 11 heteroatoms. The molecule has 1 N–H and O–H groups in total. The van der Waals surface area contributed by atoms with E-state index in [4.69, 9.17) is 44.9 Å². The Morgan fingerprint density at radius 3 is 2.54 bits per heavy atom. The zero-order chi connectivity index (χ0) is 26.7. The number of nitrogens with one attached hydrogen (secondary N) is 1. The fourth-order valence-electron chi connectivity index (χ4n) is 3.53. The van der Waals surface area contributed by atoms with Crippen LogP contribution in [0.1, 0.15) is 18.1 Å². The quantitative estimate of drug-likeness (QED) is 0.180. The molecule has 1 fully saturated rings. The van der Waals surface area contributed by atoms with Crippen molar-refractivity contribution >= 4 is 80.0 Å². The Morgan fingerprint density at radius 1 is 1.08 bits per heavy atom. The lowest BCUT2D eigenvalue weighted by atomic mass is 10.1. The summed E-state index contributed by atoms with van der Waals surface area (Å²) in [5, 5.41) is 2.75. The van der Waals surface area contributed by atoms with Gasteiger partial charge >= 0.3 is 0 Å². The topological polar surface area (TPSA) is 67.9 Å². The van der Waals surface area contributed by atoms with Crippen LogP contribution in [0.5, 0.6) is 11.5 Å². The second-order valence-electron chi connectivity index (χ2n) is 7.70. The van der Waals surface area contributed by atoms with Crippen molar-refractivity contribution in [2.75, 3.05) is 11.5 Å². The van der Waals surface area contributed by atoms with Crippen LogP contribution in [0.2, 0.25) is 10.0 Å². The molecule has 0 atom stereocenters. The van der Waals surface area contributed by atoms with Crippen molar-refractivity contribution in [2.45, 2.75) is 13.5 Å². The van der Waals surface area contributed by atoms with Crippen molar-refractivity contribution in [1.29, 1.82) is 0 Å². The Kier molecular flexibility index (Phi) is 8.49. The molecular formula is C26H18BrCl2FN2O4S. The molecular weight excluding hydrogens is 606 g/mol. The average molecular weight is 624 g/mol. The summed E-state index contributed by atoms with van der Waals surface area (Å²) in [5.41, 5.74) is 1.18.